The van der Waals surface area contributed by atoms with Gasteiger partial charge in [-0.2, -0.15) is 0 Å². The van der Waals surface area contributed by atoms with E-state index in [2.05, 4.69) is 35.3 Å². The van der Waals surface area contributed by atoms with E-state index in [1.54, 1.807) is 0 Å². The molecule has 3 aliphatic heterocycles. The lowest BCUT2D eigenvalue weighted by molar-refractivity contribution is -0.128. The molecule has 31 heavy (non-hydrogen) atoms. The van der Waals surface area contributed by atoms with Crippen molar-refractivity contribution in [1.82, 2.24) is 15.1 Å². The van der Waals surface area contributed by atoms with Crippen LogP contribution in [0.2, 0.25) is 0 Å². The Hall–Kier alpha value is -1.39. The normalized spacial score (nSPS) is 24.4. The lowest BCUT2D eigenvalue weighted by atomic mass is 10.1. The van der Waals surface area contributed by atoms with E-state index in [0.717, 1.165) is 58.0 Å². The molecular weight excluding hydrogens is 507 g/mol. The molecule has 1 N–H and O–H groups in total. The maximum atomic E-state index is 12.0. The van der Waals surface area contributed by atoms with Gasteiger partial charge in [-0.15, -0.1) is 24.0 Å². The van der Waals surface area contributed by atoms with Gasteiger partial charge < -0.3 is 24.6 Å². The minimum absolute atomic E-state index is 0. The molecule has 7 nitrogen and oxygen atoms in total. The van der Waals surface area contributed by atoms with Gasteiger partial charge in [0.2, 0.25) is 5.91 Å². The molecule has 0 spiro atoms. The van der Waals surface area contributed by atoms with Gasteiger partial charge in [-0.3, -0.25) is 4.79 Å². The first-order valence-corrected chi connectivity index (χ1v) is 11.4. The van der Waals surface area contributed by atoms with Crippen molar-refractivity contribution in [3.63, 3.8) is 0 Å². The lowest BCUT2D eigenvalue weighted by Gasteiger charge is -2.37. The Labute approximate surface area is 202 Å². The number of carbonyl (C=O) groups is 1. The van der Waals surface area contributed by atoms with Gasteiger partial charge in [0.15, 0.2) is 5.96 Å². The maximum Gasteiger partial charge on any atom is 0.222 e. The summed E-state index contributed by atoms with van der Waals surface area (Å²) in [6.45, 7) is 8.24. The number of nitrogens with one attached hydrogen (secondary N) is 1. The zero-order chi connectivity index (χ0) is 20.8. The molecule has 8 heteroatoms. The fourth-order valence-corrected chi connectivity index (χ4v) is 4.52. The number of benzene rings is 1. The van der Waals surface area contributed by atoms with Gasteiger partial charge in [-0.1, -0.05) is 24.3 Å². The third kappa shape index (κ3) is 6.32. The molecule has 0 aromatic heterocycles. The molecule has 3 heterocycles. The van der Waals surface area contributed by atoms with Gasteiger partial charge in [0, 0.05) is 45.8 Å². The second-order valence-electron chi connectivity index (χ2n) is 8.26. The zero-order valence-corrected chi connectivity index (χ0v) is 20.8. The van der Waals surface area contributed by atoms with Crippen molar-refractivity contribution in [3.8, 4) is 0 Å². The maximum absolute atomic E-state index is 12.0. The first-order valence-electron chi connectivity index (χ1n) is 11.4. The van der Waals surface area contributed by atoms with Crippen molar-refractivity contribution in [2.75, 3.05) is 39.4 Å². The van der Waals surface area contributed by atoms with E-state index >= 15 is 0 Å². The summed E-state index contributed by atoms with van der Waals surface area (Å²) < 4.78 is 11.9. The molecule has 3 fully saturated rings. The van der Waals surface area contributed by atoms with Crippen LogP contribution < -0.4 is 5.32 Å². The molecule has 0 radical (unpaired) electrons. The first kappa shape index (κ1) is 24.3. The summed E-state index contributed by atoms with van der Waals surface area (Å²) >= 11 is 0. The number of rotatable bonds is 6. The predicted octanol–water partition coefficient (Wildman–Crippen LogP) is 2.77. The number of guanidine groups is 1. The highest BCUT2D eigenvalue weighted by Crippen LogP contribution is 2.22. The van der Waals surface area contributed by atoms with Crippen molar-refractivity contribution in [2.45, 2.75) is 57.9 Å². The number of likely N-dealkylation sites (tertiary alicyclic amines) is 1. The molecule has 172 valence electrons. The van der Waals surface area contributed by atoms with E-state index in [0.29, 0.717) is 26.1 Å². The van der Waals surface area contributed by atoms with E-state index in [-0.39, 0.29) is 42.1 Å². The molecule has 1 aromatic carbocycles. The fraction of sp³-hybridized carbons (Fsp3) is 0.652. The minimum Gasteiger partial charge on any atom is -0.375 e. The fourth-order valence-electron chi connectivity index (χ4n) is 4.52. The summed E-state index contributed by atoms with van der Waals surface area (Å²) in [5.41, 5.74) is 2.36. The Kier molecular flexibility index (Phi) is 9.40. The summed E-state index contributed by atoms with van der Waals surface area (Å²) in [6.07, 6.45) is 4.15. The number of hydrogen-bond donors (Lipinski definition) is 1. The number of amides is 1. The number of aliphatic imine (C=N–C) groups is 1. The first-order chi connectivity index (χ1) is 14.7. The molecule has 3 saturated heterocycles. The highest BCUT2D eigenvalue weighted by Gasteiger charge is 2.32. The molecule has 0 bridgehead atoms. The number of ether oxygens (including phenoxy) is 2. The van der Waals surface area contributed by atoms with Crippen molar-refractivity contribution < 1.29 is 14.3 Å². The highest BCUT2D eigenvalue weighted by atomic mass is 127. The number of carbonyl (C=O) groups excluding carboxylic acids is 1. The van der Waals surface area contributed by atoms with Gasteiger partial charge in [0.25, 0.3) is 0 Å². The van der Waals surface area contributed by atoms with E-state index in [1.807, 2.05) is 11.0 Å². The number of morpholine rings is 1. The lowest BCUT2D eigenvalue weighted by Crippen LogP contribution is -2.53. The van der Waals surface area contributed by atoms with Gasteiger partial charge in [0.1, 0.15) is 6.10 Å². The predicted molar refractivity (Wildman–Crippen MR) is 132 cm³/mol. The summed E-state index contributed by atoms with van der Waals surface area (Å²) in [7, 11) is 0. The van der Waals surface area contributed by atoms with Crippen LogP contribution in [0.25, 0.3) is 0 Å². The van der Waals surface area contributed by atoms with Crippen LogP contribution in [0.15, 0.2) is 29.3 Å². The Bertz CT molecular complexity index is 754. The Balaban J connectivity index is 0.00000272. The second-order valence-corrected chi connectivity index (χ2v) is 8.26. The van der Waals surface area contributed by atoms with Gasteiger partial charge in [0.05, 0.1) is 19.3 Å². The molecule has 2 atom stereocenters. The van der Waals surface area contributed by atoms with E-state index in [4.69, 9.17) is 14.5 Å². The average Bonchev–Trinajstić information content (AvgIpc) is 3.45. The summed E-state index contributed by atoms with van der Waals surface area (Å²) in [5.74, 6) is 1.19. The summed E-state index contributed by atoms with van der Waals surface area (Å²) in [5, 5.41) is 3.45. The highest BCUT2D eigenvalue weighted by molar-refractivity contribution is 14.0. The van der Waals surface area contributed by atoms with Crippen LogP contribution >= 0.6 is 24.0 Å². The molecule has 1 amide bonds. The van der Waals surface area contributed by atoms with Crippen LogP contribution in [-0.2, 0) is 27.4 Å². The average molecular weight is 542 g/mol. The van der Waals surface area contributed by atoms with Crippen LogP contribution in [0.1, 0.15) is 43.7 Å². The van der Waals surface area contributed by atoms with Crippen LogP contribution in [0.3, 0.4) is 0 Å². The molecule has 0 saturated carbocycles. The summed E-state index contributed by atoms with van der Waals surface area (Å²) in [6, 6.07) is 8.33. The van der Waals surface area contributed by atoms with E-state index < -0.39 is 0 Å². The number of nitrogens with zero attached hydrogens (tertiary/aromatic N) is 3. The van der Waals surface area contributed by atoms with Gasteiger partial charge in [-0.05, 0) is 37.3 Å². The molecule has 4 rings (SSSR count). The minimum atomic E-state index is 0. The van der Waals surface area contributed by atoms with Crippen molar-refractivity contribution in [1.29, 1.82) is 0 Å². The molecule has 3 aliphatic rings. The van der Waals surface area contributed by atoms with Crippen molar-refractivity contribution in [3.05, 3.63) is 35.4 Å². The molecule has 0 aliphatic carbocycles. The topological polar surface area (TPSA) is 66.4 Å². The van der Waals surface area contributed by atoms with Gasteiger partial charge >= 0.3 is 0 Å². The monoisotopic (exact) mass is 542 g/mol. The third-order valence-electron chi connectivity index (χ3n) is 6.16. The number of hydrogen-bond acceptors (Lipinski definition) is 4. The van der Waals surface area contributed by atoms with Crippen LogP contribution in [0.5, 0.6) is 0 Å². The van der Waals surface area contributed by atoms with Crippen LogP contribution in [-0.4, -0.2) is 73.3 Å². The molecule has 1 aromatic rings. The van der Waals surface area contributed by atoms with Crippen LogP contribution in [0, 0.1) is 0 Å². The van der Waals surface area contributed by atoms with E-state index in [9.17, 15) is 4.79 Å². The molecular formula is C23H35IN4O3. The van der Waals surface area contributed by atoms with E-state index in [1.165, 1.54) is 11.1 Å². The number of halogens is 1. The smallest absolute Gasteiger partial charge is 0.222 e. The zero-order valence-electron chi connectivity index (χ0n) is 18.4. The SMILES string of the molecule is CCNC(=NCc1ccccc1CN1CCCC1=O)N1CCOC(C2CCCO2)C1.I. The Morgan fingerprint density at radius 3 is 2.65 bits per heavy atom. The Morgan fingerprint density at radius 1 is 1.13 bits per heavy atom. The standard InChI is InChI=1S/C23H34N4O3.HI/c1-2-24-23(27-12-14-30-21(17-27)20-9-6-13-29-20)25-15-18-7-3-4-8-19(18)16-26-11-5-10-22(26)28;/h3-4,7-8,20-21H,2,5-6,9-17H2,1H3,(H,24,25);1H. The van der Waals surface area contributed by atoms with Crippen molar-refractivity contribution in [2.24, 2.45) is 4.99 Å². The van der Waals surface area contributed by atoms with Gasteiger partial charge in [-0.25, -0.2) is 4.99 Å². The molecule has 2 unspecified atom stereocenters. The quantitative estimate of drug-likeness (QED) is 0.341. The summed E-state index contributed by atoms with van der Waals surface area (Å²) in [4.78, 5) is 21.3. The third-order valence-corrected chi connectivity index (χ3v) is 6.16. The van der Waals surface area contributed by atoms with Crippen molar-refractivity contribution >= 4 is 35.8 Å². The Morgan fingerprint density at radius 2 is 1.94 bits per heavy atom. The van der Waals surface area contributed by atoms with Crippen LogP contribution in [0.4, 0.5) is 0 Å². The largest absolute Gasteiger partial charge is 0.375 e. The second kappa shape index (κ2) is 12.0.